The second-order valence-electron chi connectivity index (χ2n) is 4.73. The van der Waals surface area contributed by atoms with E-state index in [4.69, 9.17) is 16.3 Å². The van der Waals surface area contributed by atoms with Crippen LogP contribution in [0.15, 0.2) is 18.2 Å². The van der Waals surface area contributed by atoms with Crippen molar-refractivity contribution in [3.8, 4) is 5.75 Å². The lowest BCUT2D eigenvalue weighted by Crippen LogP contribution is -2.19. The standard InChI is InChI=1S/C14H23ClN2O3S/c1-3-8-16-9-4-5-10-21(18,19)17-12-6-7-13(15)14(11-12)20-2/h6-7,11,16-17H,3-5,8-10H2,1-2H3. The van der Waals surface area contributed by atoms with E-state index < -0.39 is 10.0 Å². The Morgan fingerprint density at radius 1 is 1.24 bits per heavy atom. The second-order valence-corrected chi connectivity index (χ2v) is 6.98. The molecule has 0 radical (unpaired) electrons. The Hall–Kier alpha value is -0.980. The smallest absolute Gasteiger partial charge is 0.232 e. The predicted molar refractivity (Wildman–Crippen MR) is 87.8 cm³/mol. The van der Waals surface area contributed by atoms with Crippen LogP contribution in [0.2, 0.25) is 5.02 Å². The molecule has 0 aliphatic rings. The number of ether oxygens (including phenoxy) is 1. The first-order chi connectivity index (χ1) is 9.98. The molecule has 0 aliphatic heterocycles. The highest BCUT2D eigenvalue weighted by Crippen LogP contribution is 2.27. The SMILES string of the molecule is CCCNCCCCS(=O)(=O)Nc1ccc(Cl)c(OC)c1. The fourth-order valence-electron chi connectivity index (χ4n) is 1.80. The van der Waals surface area contributed by atoms with Crippen LogP contribution in [0.4, 0.5) is 5.69 Å². The maximum Gasteiger partial charge on any atom is 0.232 e. The van der Waals surface area contributed by atoms with E-state index in [0.717, 1.165) is 25.9 Å². The van der Waals surface area contributed by atoms with Gasteiger partial charge in [0.1, 0.15) is 5.75 Å². The Morgan fingerprint density at radius 3 is 2.67 bits per heavy atom. The van der Waals surface area contributed by atoms with Crippen molar-refractivity contribution < 1.29 is 13.2 Å². The number of hydrogen-bond donors (Lipinski definition) is 2. The van der Waals surface area contributed by atoms with Crippen LogP contribution in [-0.4, -0.2) is 34.4 Å². The number of benzene rings is 1. The van der Waals surface area contributed by atoms with E-state index in [9.17, 15) is 8.42 Å². The minimum Gasteiger partial charge on any atom is -0.495 e. The zero-order valence-corrected chi connectivity index (χ0v) is 14.1. The van der Waals surface area contributed by atoms with Gasteiger partial charge in [-0.1, -0.05) is 18.5 Å². The van der Waals surface area contributed by atoms with Gasteiger partial charge in [-0.15, -0.1) is 0 Å². The summed E-state index contributed by atoms with van der Waals surface area (Å²) >= 11 is 5.90. The van der Waals surface area contributed by atoms with E-state index in [2.05, 4.69) is 17.0 Å². The summed E-state index contributed by atoms with van der Waals surface area (Å²) in [5, 5.41) is 3.69. The van der Waals surface area contributed by atoms with Crippen molar-refractivity contribution in [3.63, 3.8) is 0 Å². The van der Waals surface area contributed by atoms with E-state index in [1.54, 1.807) is 18.2 Å². The van der Waals surface area contributed by atoms with Gasteiger partial charge in [-0.05, 0) is 44.5 Å². The van der Waals surface area contributed by atoms with Crippen molar-refractivity contribution in [1.29, 1.82) is 0 Å². The Labute approximate surface area is 132 Å². The minimum absolute atomic E-state index is 0.103. The molecule has 0 heterocycles. The first-order valence-electron chi connectivity index (χ1n) is 7.03. The highest BCUT2D eigenvalue weighted by molar-refractivity contribution is 7.92. The molecule has 1 aromatic rings. The van der Waals surface area contributed by atoms with Crippen LogP contribution in [0.5, 0.6) is 5.75 Å². The third kappa shape index (κ3) is 7.02. The van der Waals surface area contributed by atoms with Gasteiger partial charge in [-0.2, -0.15) is 0 Å². The average Bonchev–Trinajstić information content (AvgIpc) is 2.44. The fraction of sp³-hybridized carbons (Fsp3) is 0.571. The highest BCUT2D eigenvalue weighted by Gasteiger charge is 2.11. The molecule has 120 valence electrons. The van der Waals surface area contributed by atoms with Crippen molar-refractivity contribution in [2.24, 2.45) is 0 Å². The van der Waals surface area contributed by atoms with Crippen LogP contribution in [0.1, 0.15) is 26.2 Å². The van der Waals surface area contributed by atoms with Gasteiger partial charge in [-0.25, -0.2) is 8.42 Å². The summed E-state index contributed by atoms with van der Waals surface area (Å²) in [4.78, 5) is 0. The van der Waals surface area contributed by atoms with Crippen molar-refractivity contribution in [2.75, 3.05) is 30.7 Å². The van der Waals surface area contributed by atoms with E-state index in [1.165, 1.54) is 7.11 Å². The summed E-state index contributed by atoms with van der Waals surface area (Å²) in [5.41, 5.74) is 0.459. The monoisotopic (exact) mass is 334 g/mol. The third-order valence-electron chi connectivity index (χ3n) is 2.87. The zero-order valence-electron chi connectivity index (χ0n) is 12.5. The molecule has 21 heavy (non-hydrogen) atoms. The Bertz CT molecular complexity index is 535. The maximum atomic E-state index is 12.0. The van der Waals surface area contributed by atoms with E-state index in [1.807, 2.05) is 0 Å². The lowest BCUT2D eigenvalue weighted by Gasteiger charge is -2.10. The van der Waals surface area contributed by atoms with Crippen molar-refractivity contribution in [2.45, 2.75) is 26.2 Å². The van der Waals surface area contributed by atoms with Crippen molar-refractivity contribution >= 4 is 27.3 Å². The number of hydrogen-bond acceptors (Lipinski definition) is 4. The number of methoxy groups -OCH3 is 1. The van der Waals surface area contributed by atoms with E-state index >= 15 is 0 Å². The van der Waals surface area contributed by atoms with Gasteiger partial charge >= 0.3 is 0 Å². The van der Waals surface area contributed by atoms with E-state index in [-0.39, 0.29) is 5.75 Å². The van der Waals surface area contributed by atoms with Crippen LogP contribution in [0.3, 0.4) is 0 Å². The first-order valence-corrected chi connectivity index (χ1v) is 9.06. The van der Waals surface area contributed by atoms with Gasteiger partial charge in [-0.3, -0.25) is 4.72 Å². The molecule has 7 heteroatoms. The zero-order chi connectivity index (χ0) is 15.7. The van der Waals surface area contributed by atoms with Gasteiger partial charge in [0.05, 0.1) is 23.6 Å². The molecule has 2 N–H and O–H groups in total. The van der Waals surface area contributed by atoms with Gasteiger partial charge < -0.3 is 10.1 Å². The molecule has 0 aromatic heterocycles. The molecular formula is C14H23ClN2O3S. The Kier molecular flexibility index (Phi) is 7.85. The van der Waals surface area contributed by atoms with Crippen molar-refractivity contribution in [1.82, 2.24) is 5.32 Å². The number of halogens is 1. The lowest BCUT2D eigenvalue weighted by atomic mass is 10.3. The summed E-state index contributed by atoms with van der Waals surface area (Å²) in [6.07, 6.45) is 2.54. The number of sulfonamides is 1. The molecule has 0 unspecified atom stereocenters. The molecule has 0 saturated carbocycles. The van der Waals surface area contributed by atoms with Gasteiger partial charge in [0.25, 0.3) is 0 Å². The molecule has 0 bridgehead atoms. The molecule has 0 amide bonds. The normalized spacial score (nSPS) is 11.4. The molecule has 0 atom stereocenters. The van der Waals surface area contributed by atoms with Crippen LogP contribution >= 0.6 is 11.6 Å². The molecule has 0 saturated heterocycles. The summed E-state index contributed by atoms with van der Waals surface area (Å²) in [7, 11) is -1.85. The molecule has 1 rings (SSSR count). The highest BCUT2D eigenvalue weighted by atomic mass is 35.5. The second kappa shape index (κ2) is 9.12. The fourth-order valence-corrected chi connectivity index (χ4v) is 3.16. The maximum absolute atomic E-state index is 12.0. The average molecular weight is 335 g/mol. The third-order valence-corrected chi connectivity index (χ3v) is 4.55. The van der Waals surface area contributed by atoms with Crippen LogP contribution in [-0.2, 0) is 10.0 Å². The number of rotatable bonds is 10. The largest absolute Gasteiger partial charge is 0.495 e. The van der Waals surface area contributed by atoms with Crippen LogP contribution in [0, 0.1) is 0 Å². The topological polar surface area (TPSA) is 67.4 Å². The van der Waals surface area contributed by atoms with Crippen LogP contribution in [0.25, 0.3) is 0 Å². The Morgan fingerprint density at radius 2 is 2.00 bits per heavy atom. The summed E-state index contributed by atoms with van der Waals surface area (Å²) in [6.45, 7) is 3.91. The van der Waals surface area contributed by atoms with Gasteiger partial charge in [0, 0.05) is 6.07 Å². The Balaban J connectivity index is 2.45. The molecule has 0 aliphatic carbocycles. The lowest BCUT2D eigenvalue weighted by molar-refractivity contribution is 0.415. The predicted octanol–water partition coefficient (Wildman–Crippen LogP) is 2.87. The summed E-state index contributed by atoms with van der Waals surface area (Å²) in [5.74, 6) is 0.548. The van der Waals surface area contributed by atoms with Gasteiger partial charge in [0.15, 0.2) is 0 Å². The van der Waals surface area contributed by atoms with Crippen molar-refractivity contribution in [3.05, 3.63) is 23.2 Å². The molecular weight excluding hydrogens is 312 g/mol. The molecule has 0 fully saturated rings. The van der Waals surface area contributed by atoms with Crippen LogP contribution < -0.4 is 14.8 Å². The molecule has 0 spiro atoms. The minimum atomic E-state index is -3.34. The molecule has 5 nitrogen and oxygen atoms in total. The summed E-state index contributed by atoms with van der Waals surface area (Å²) < 4.78 is 31.5. The number of unbranched alkanes of at least 4 members (excludes halogenated alkanes) is 1. The van der Waals surface area contributed by atoms with E-state index in [0.29, 0.717) is 22.9 Å². The number of anilines is 1. The quantitative estimate of drug-likeness (QED) is 0.646. The first kappa shape index (κ1) is 18.1. The summed E-state index contributed by atoms with van der Waals surface area (Å²) in [6, 6.07) is 4.79. The number of nitrogens with one attached hydrogen (secondary N) is 2. The van der Waals surface area contributed by atoms with Gasteiger partial charge in [0.2, 0.25) is 10.0 Å². The molecule has 1 aromatic carbocycles.